The highest BCUT2D eigenvalue weighted by Gasteiger charge is 2.56. The van der Waals surface area contributed by atoms with E-state index in [9.17, 15) is 19.2 Å². The molecule has 3 unspecified atom stereocenters. The molecule has 146 valence electrons. The molecule has 0 radical (unpaired) electrons. The van der Waals surface area contributed by atoms with Gasteiger partial charge in [-0.2, -0.15) is 0 Å². The summed E-state index contributed by atoms with van der Waals surface area (Å²) in [6.45, 7) is 1.49. The van der Waals surface area contributed by atoms with Crippen LogP contribution in [0, 0.1) is 0 Å². The van der Waals surface area contributed by atoms with Crippen molar-refractivity contribution in [1.82, 2.24) is 15.1 Å². The lowest BCUT2D eigenvalue weighted by atomic mass is 10.0. The van der Waals surface area contributed by atoms with Crippen molar-refractivity contribution >= 4 is 23.6 Å². The van der Waals surface area contributed by atoms with Crippen LogP contribution in [0.5, 0.6) is 0 Å². The Bertz CT molecular complexity index is 929. The first-order valence-electron chi connectivity index (χ1n) is 9.75. The number of carbonyl (C=O) groups is 4. The maximum Gasteiger partial charge on any atom is 0.262 e. The molecule has 1 aliphatic carbocycles. The fourth-order valence-electron chi connectivity index (χ4n) is 4.95. The molecule has 0 aromatic heterocycles. The number of hydrogen-bond acceptors (Lipinski definition) is 6. The number of hydrogen-bond donors (Lipinski definition) is 2. The van der Waals surface area contributed by atoms with Gasteiger partial charge in [-0.1, -0.05) is 12.1 Å². The van der Waals surface area contributed by atoms with E-state index in [1.54, 1.807) is 12.1 Å². The molecule has 3 heterocycles. The Kier molecular flexibility index (Phi) is 3.73. The van der Waals surface area contributed by atoms with Crippen molar-refractivity contribution in [2.75, 3.05) is 6.54 Å². The van der Waals surface area contributed by atoms with Crippen LogP contribution in [0.3, 0.4) is 0 Å². The van der Waals surface area contributed by atoms with E-state index in [0.717, 1.165) is 36.3 Å². The van der Waals surface area contributed by atoms with Gasteiger partial charge in [0.15, 0.2) is 0 Å². The van der Waals surface area contributed by atoms with Gasteiger partial charge < -0.3 is 5.73 Å². The van der Waals surface area contributed by atoms with Crippen LogP contribution in [0.1, 0.15) is 58.4 Å². The number of nitrogens with two attached hydrogens (primary N) is 1. The Morgan fingerprint density at radius 1 is 1.18 bits per heavy atom. The SMILES string of the molecule is NC12CCCN(Cc3cccc4c3C(=O)N(C3CCC(=O)NC3=O)C4=O)C1C2. The first-order valence-corrected chi connectivity index (χ1v) is 9.75. The van der Waals surface area contributed by atoms with Crippen molar-refractivity contribution in [2.24, 2.45) is 5.73 Å². The van der Waals surface area contributed by atoms with Gasteiger partial charge in [-0.05, 0) is 43.9 Å². The molecule has 0 spiro atoms. The average molecular weight is 382 g/mol. The van der Waals surface area contributed by atoms with Crippen LogP contribution in [0.4, 0.5) is 0 Å². The summed E-state index contributed by atoms with van der Waals surface area (Å²) in [6, 6.07) is 4.67. The van der Waals surface area contributed by atoms with Crippen LogP contribution < -0.4 is 11.1 Å². The molecule has 4 aliphatic rings. The summed E-state index contributed by atoms with van der Waals surface area (Å²) in [7, 11) is 0. The van der Waals surface area contributed by atoms with Gasteiger partial charge in [0.1, 0.15) is 6.04 Å². The number of benzene rings is 1. The molecule has 28 heavy (non-hydrogen) atoms. The number of likely N-dealkylation sites (tertiary alicyclic amines) is 1. The third kappa shape index (κ3) is 2.51. The number of piperidine rings is 2. The Hall–Kier alpha value is -2.58. The van der Waals surface area contributed by atoms with E-state index in [-0.39, 0.29) is 24.3 Å². The fraction of sp³-hybridized carbons (Fsp3) is 0.500. The summed E-state index contributed by atoms with van der Waals surface area (Å²) in [5, 5.41) is 2.22. The molecule has 2 saturated heterocycles. The zero-order valence-electron chi connectivity index (χ0n) is 15.4. The van der Waals surface area contributed by atoms with Crippen molar-refractivity contribution < 1.29 is 19.2 Å². The van der Waals surface area contributed by atoms with Crippen molar-refractivity contribution in [3.8, 4) is 0 Å². The lowest BCUT2D eigenvalue weighted by molar-refractivity contribution is -0.136. The van der Waals surface area contributed by atoms with Crippen LogP contribution in [-0.2, 0) is 16.1 Å². The number of carbonyl (C=O) groups excluding carboxylic acids is 4. The molecular formula is C20H22N4O4. The molecule has 1 aromatic carbocycles. The quantitative estimate of drug-likeness (QED) is 0.720. The van der Waals surface area contributed by atoms with Gasteiger partial charge in [0.25, 0.3) is 11.8 Å². The Morgan fingerprint density at radius 2 is 2.00 bits per heavy atom. The third-order valence-corrected chi connectivity index (χ3v) is 6.53. The third-order valence-electron chi connectivity index (χ3n) is 6.53. The second-order valence-corrected chi connectivity index (χ2v) is 8.31. The minimum Gasteiger partial charge on any atom is -0.324 e. The van der Waals surface area contributed by atoms with E-state index in [0.29, 0.717) is 23.7 Å². The van der Waals surface area contributed by atoms with E-state index in [1.807, 2.05) is 6.07 Å². The number of amides is 4. The topological polar surface area (TPSA) is 113 Å². The van der Waals surface area contributed by atoms with Crippen molar-refractivity contribution in [3.63, 3.8) is 0 Å². The number of nitrogens with zero attached hydrogens (tertiary/aromatic N) is 2. The molecule has 0 bridgehead atoms. The predicted octanol–water partition coefficient (Wildman–Crippen LogP) is 0.153. The number of fused-ring (bicyclic) bond motifs is 2. The summed E-state index contributed by atoms with van der Waals surface area (Å²) in [6.07, 6.45) is 3.30. The average Bonchev–Trinajstić information content (AvgIpc) is 3.29. The zero-order chi connectivity index (χ0) is 19.6. The summed E-state index contributed by atoms with van der Waals surface area (Å²) in [5.41, 5.74) is 7.77. The fourth-order valence-corrected chi connectivity index (χ4v) is 4.95. The number of nitrogens with one attached hydrogen (secondary N) is 1. The summed E-state index contributed by atoms with van der Waals surface area (Å²) in [4.78, 5) is 53.0. The Morgan fingerprint density at radius 3 is 2.79 bits per heavy atom. The first-order chi connectivity index (χ1) is 13.4. The Labute approximate surface area is 162 Å². The van der Waals surface area contributed by atoms with E-state index in [1.165, 1.54) is 0 Å². The van der Waals surface area contributed by atoms with Crippen molar-refractivity contribution in [3.05, 3.63) is 34.9 Å². The maximum atomic E-state index is 13.1. The van der Waals surface area contributed by atoms with Crippen LogP contribution in [0.15, 0.2) is 18.2 Å². The standard InChI is InChI=1S/C20H22N4O4/c21-20-7-2-8-23(14(20)9-20)10-11-3-1-4-12-16(11)19(28)24(18(12)27)13-5-6-15(25)22-17(13)26/h1,3-4,13-14H,2,5-10,21H2,(H,22,25,26). The van der Waals surface area contributed by atoms with Crippen LogP contribution in [0.2, 0.25) is 0 Å². The summed E-state index contributed by atoms with van der Waals surface area (Å²) < 4.78 is 0. The molecule has 3 aliphatic heterocycles. The largest absolute Gasteiger partial charge is 0.324 e. The molecule has 3 atom stereocenters. The second kappa shape index (κ2) is 5.96. The highest BCUT2D eigenvalue weighted by molar-refractivity contribution is 6.24. The van der Waals surface area contributed by atoms with Crippen LogP contribution in [0.25, 0.3) is 0 Å². The lowest BCUT2D eigenvalue weighted by Crippen LogP contribution is -2.54. The Balaban J connectivity index is 1.44. The minimum absolute atomic E-state index is 0.102. The summed E-state index contributed by atoms with van der Waals surface area (Å²) >= 11 is 0. The first kappa shape index (κ1) is 17.5. The van der Waals surface area contributed by atoms with Gasteiger partial charge in [0.2, 0.25) is 11.8 Å². The highest BCUT2D eigenvalue weighted by Crippen LogP contribution is 2.46. The molecule has 1 aromatic rings. The smallest absolute Gasteiger partial charge is 0.262 e. The number of imide groups is 2. The minimum atomic E-state index is -0.937. The monoisotopic (exact) mass is 382 g/mol. The molecule has 3 fully saturated rings. The van der Waals surface area contributed by atoms with Gasteiger partial charge in [-0.3, -0.25) is 34.3 Å². The molecular weight excluding hydrogens is 360 g/mol. The van der Waals surface area contributed by atoms with E-state index >= 15 is 0 Å². The van der Waals surface area contributed by atoms with E-state index < -0.39 is 23.8 Å². The highest BCUT2D eigenvalue weighted by atomic mass is 16.2. The molecule has 5 rings (SSSR count). The summed E-state index contributed by atoms with van der Waals surface area (Å²) in [5.74, 6) is -1.88. The van der Waals surface area contributed by atoms with E-state index in [4.69, 9.17) is 5.73 Å². The van der Waals surface area contributed by atoms with Gasteiger partial charge in [-0.25, -0.2) is 0 Å². The van der Waals surface area contributed by atoms with Gasteiger partial charge in [0, 0.05) is 24.5 Å². The predicted molar refractivity (Wildman–Crippen MR) is 98.1 cm³/mol. The van der Waals surface area contributed by atoms with Crippen molar-refractivity contribution in [1.29, 1.82) is 0 Å². The zero-order valence-corrected chi connectivity index (χ0v) is 15.4. The molecule has 3 N–H and O–H groups in total. The molecule has 1 saturated carbocycles. The van der Waals surface area contributed by atoms with E-state index in [2.05, 4.69) is 10.2 Å². The molecule has 8 heteroatoms. The van der Waals surface area contributed by atoms with Crippen molar-refractivity contribution in [2.45, 2.75) is 56.3 Å². The molecule has 8 nitrogen and oxygen atoms in total. The van der Waals surface area contributed by atoms with Crippen LogP contribution >= 0.6 is 0 Å². The normalized spacial score (nSPS) is 32.2. The molecule has 4 amide bonds. The van der Waals surface area contributed by atoms with Gasteiger partial charge in [-0.15, -0.1) is 0 Å². The van der Waals surface area contributed by atoms with Crippen LogP contribution in [-0.4, -0.2) is 57.6 Å². The lowest BCUT2D eigenvalue weighted by Gasteiger charge is -2.30. The second-order valence-electron chi connectivity index (χ2n) is 8.31. The number of rotatable bonds is 3. The van der Waals surface area contributed by atoms with Gasteiger partial charge in [0.05, 0.1) is 11.1 Å². The maximum absolute atomic E-state index is 13.1. The van der Waals surface area contributed by atoms with Gasteiger partial charge >= 0.3 is 0 Å².